The normalized spacial score (nSPS) is 10.1. The topological polar surface area (TPSA) is 101 Å². The molecule has 5 nitrogen and oxygen atoms in total. The number of rotatable bonds is 4. The number of amides is 1. The van der Waals surface area contributed by atoms with Crippen LogP contribution in [-0.2, 0) is 0 Å². The summed E-state index contributed by atoms with van der Waals surface area (Å²) in [5.41, 5.74) is 6.63. The van der Waals surface area contributed by atoms with Gasteiger partial charge in [-0.25, -0.2) is 0 Å². The van der Waals surface area contributed by atoms with E-state index in [0.29, 0.717) is 5.56 Å². The Morgan fingerprint density at radius 2 is 1.55 bits per heavy atom. The second-order valence-electron chi connectivity index (χ2n) is 4.26. The van der Waals surface area contributed by atoms with Crippen LogP contribution in [0.1, 0.15) is 20.7 Å². The number of benzene rings is 2. The third-order valence-corrected chi connectivity index (χ3v) is 2.88. The maximum atomic E-state index is 11.4. The number of primary amides is 1. The molecule has 4 N–H and O–H groups in total. The summed E-state index contributed by atoms with van der Waals surface area (Å²) in [6.45, 7) is 0. The first-order chi connectivity index (χ1) is 9.49. The Morgan fingerprint density at radius 1 is 0.900 bits per heavy atom. The van der Waals surface area contributed by atoms with Crippen molar-refractivity contribution in [3.63, 3.8) is 0 Å². The van der Waals surface area contributed by atoms with Crippen molar-refractivity contribution < 1.29 is 19.6 Å². The summed E-state index contributed by atoms with van der Waals surface area (Å²) in [5, 5.41) is 17.6. The average molecular weight is 269 g/mol. The lowest BCUT2D eigenvalue weighted by Crippen LogP contribution is -2.25. The molecular formula is C14H12BNO4. The van der Waals surface area contributed by atoms with Gasteiger partial charge in [-0.2, -0.15) is 0 Å². The number of hydrogen-bond donors (Lipinski definition) is 3. The predicted molar refractivity (Wildman–Crippen MR) is 74.9 cm³/mol. The van der Waals surface area contributed by atoms with E-state index >= 15 is 0 Å². The van der Waals surface area contributed by atoms with Crippen LogP contribution in [0.15, 0.2) is 48.5 Å². The first-order valence-corrected chi connectivity index (χ1v) is 5.89. The molecule has 2 rings (SSSR count). The third-order valence-electron chi connectivity index (χ3n) is 2.88. The molecule has 0 heterocycles. The average Bonchev–Trinajstić information content (AvgIpc) is 2.46. The summed E-state index contributed by atoms with van der Waals surface area (Å²) in [6, 6.07) is 13.1. The van der Waals surface area contributed by atoms with Crippen molar-refractivity contribution in [1.29, 1.82) is 0 Å². The Hall–Kier alpha value is -2.44. The Morgan fingerprint density at radius 3 is 2.10 bits per heavy atom. The van der Waals surface area contributed by atoms with Crippen LogP contribution in [0.25, 0.3) is 11.1 Å². The first-order valence-electron chi connectivity index (χ1n) is 5.89. The van der Waals surface area contributed by atoms with Crippen LogP contribution >= 0.6 is 0 Å². The van der Waals surface area contributed by atoms with Gasteiger partial charge in [-0.1, -0.05) is 36.4 Å². The minimum Gasteiger partial charge on any atom is -0.421 e. The van der Waals surface area contributed by atoms with E-state index in [4.69, 9.17) is 15.8 Å². The van der Waals surface area contributed by atoms with Gasteiger partial charge in [0.15, 0.2) is 5.68 Å². The molecule has 0 atom stereocenters. The zero-order valence-corrected chi connectivity index (χ0v) is 10.5. The fourth-order valence-corrected chi connectivity index (χ4v) is 1.83. The molecule has 0 unspecified atom stereocenters. The Balaban J connectivity index is 2.33. The minimum absolute atomic E-state index is 0.204. The number of hydrogen-bond acceptors (Lipinski definition) is 4. The van der Waals surface area contributed by atoms with Gasteiger partial charge in [0.1, 0.15) is 0 Å². The molecule has 20 heavy (non-hydrogen) atoms. The summed E-state index contributed by atoms with van der Waals surface area (Å²) in [7, 11) is -2.01. The number of carbonyl (C=O) groups excluding carboxylic acids is 2. The van der Waals surface area contributed by atoms with E-state index in [9.17, 15) is 9.59 Å². The second-order valence-corrected chi connectivity index (χ2v) is 4.26. The SMILES string of the molecule is NC(=O)c1cccc(-c2ccc(C(=O)B(O)O)cc2)c1. The number of carbonyl (C=O) groups is 2. The molecule has 1 amide bonds. The van der Waals surface area contributed by atoms with Crippen molar-refractivity contribution in [2.45, 2.75) is 0 Å². The van der Waals surface area contributed by atoms with Crippen LogP contribution in [0.2, 0.25) is 0 Å². The maximum Gasteiger partial charge on any atom is 0.532 e. The second kappa shape index (κ2) is 5.69. The van der Waals surface area contributed by atoms with Gasteiger partial charge in [-0.3, -0.25) is 9.59 Å². The van der Waals surface area contributed by atoms with Crippen LogP contribution < -0.4 is 5.73 Å². The fraction of sp³-hybridized carbons (Fsp3) is 0. The lowest BCUT2D eigenvalue weighted by atomic mass is 9.80. The lowest BCUT2D eigenvalue weighted by Gasteiger charge is -2.05. The summed E-state index contributed by atoms with van der Waals surface area (Å²) in [5.74, 6) is -0.512. The van der Waals surface area contributed by atoms with Gasteiger partial charge < -0.3 is 15.8 Å². The van der Waals surface area contributed by atoms with Crippen molar-refractivity contribution in [3.8, 4) is 11.1 Å². The smallest absolute Gasteiger partial charge is 0.421 e. The van der Waals surface area contributed by atoms with E-state index < -0.39 is 18.7 Å². The van der Waals surface area contributed by atoms with Crippen molar-refractivity contribution in [3.05, 3.63) is 59.7 Å². The number of nitrogens with two attached hydrogens (primary N) is 1. The molecule has 0 aliphatic rings. The quantitative estimate of drug-likeness (QED) is 0.709. The Kier molecular flexibility index (Phi) is 3.98. The molecule has 2 aromatic carbocycles. The summed E-state index contributed by atoms with van der Waals surface area (Å²) in [4.78, 5) is 22.5. The highest BCUT2D eigenvalue weighted by Gasteiger charge is 2.21. The molecule has 100 valence electrons. The summed E-state index contributed by atoms with van der Waals surface area (Å²) in [6.07, 6.45) is 0. The Bertz CT molecular complexity index is 652. The molecule has 0 aliphatic heterocycles. The van der Waals surface area contributed by atoms with Crippen LogP contribution in [0.3, 0.4) is 0 Å². The molecule has 0 bridgehead atoms. The lowest BCUT2D eigenvalue weighted by molar-refractivity contribution is 0.0999. The van der Waals surface area contributed by atoms with Crippen molar-refractivity contribution in [2.24, 2.45) is 5.73 Å². The van der Waals surface area contributed by atoms with Gasteiger partial charge in [0.25, 0.3) is 0 Å². The largest absolute Gasteiger partial charge is 0.532 e. The highest BCUT2D eigenvalue weighted by atomic mass is 16.4. The highest BCUT2D eigenvalue weighted by molar-refractivity contribution is 6.81. The van der Waals surface area contributed by atoms with Crippen molar-refractivity contribution in [1.82, 2.24) is 0 Å². The summed E-state index contributed by atoms with van der Waals surface area (Å²) >= 11 is 0. The minimum atomic E-state index is -2.01. The van der Waals surface area contributed by atoms with E-state index in [1.165, 1.54) is 12.1 Å². The molecule has 0 aliphatic carbocycles. The van der Waals surface area contributed by atoms with Crippen LogP contribution in [0, 0.1) is 0 Å². The molecule has 2 aromatic rings. The molecule has 0 spiro atoms. The van der Waals surface area contributed by atoms with Gasteiger partial charge in [0, 0.05) is 11.1 Å². The van der Waals surface area contributed by atoms with Crippen LogP contribution in [0.5, 0.6) is 0 Å². The molecule has 0 fully saturated rings. The molecular weight excluding hydrogens is 257 g/mol. The van der Waals surface area contributed by atoms with E-state index in [0.717, 1.165) is 11.1 Å². The van der Waals surface area contributed by atoms with E-state index in [1.54, 1.807) is 30.3 Å². The zero-order valence-electron chi connectivity index (χ0n) is 10.5. The van der Waals surface area contributed by atoms with Gasteiger partial charge in [-0.05, 0) is 23.3 Å². The van der Waals surface area contributed by atoms with Crippen molar-refractivity contribution in [2.75, 3.05) is 0 Å². The molecule has 0 saturated heterocycles. The first kappa shape index (κ1) is 14.0. The summed E-state index contributed by atoms with van der Waals surface area (Å²) < 4.78 is 0. The van der Waals surface area contributed by atoms with Crippen LogP contribution in [0.4, 0.5) is 0 Å². The molecule has 0 aromatic heterocycles. The third kappa shape index (κ3) is 2.93. The van der Waals surface area contributed by atoms with Crippen LogP contribution in [-0.4, -0.2) is 28.8 Å². The van der Waals surface area contributed by atoms with E-state index in [2.05, 4.69) is 0 Å². The monoisotopic (exact) mass is 269 g/mol. The highest BCUT2D eigenvalue weighted by Crippen LogP contribution is 2.21. The Labute approximate surface area is 115 Å². The molecule has 6 heteroatoms. The maximum absolute atomic E-state index is 11.4. The van der Waals surface area contributed by atoms with E-state index in [1.807, 2.05) is 6.07 Å². The fourth-order valence-electron chi connectivity index (χ4n) is 1.83. The standard InChI is InChI=1S/C14H12BNO4/c16-14(18)12-3-1-2-11(8-12)9-4-6-10(7-5-9)13(17)15(19)20/h1-8,19-20H,(H2,16,18). The van der Waals surface area contributed by atoms with Crippen molar-refractivity contribution >= 4 is 18.7 Å². The zero-order chi connectivity index (χ0) is 14.7. The van der Waals surface area contributed by atoms with Gasteiger partial charge in [0.05, 0.1) is 0 Å². The van der Waals surface area contributed by atoms with Gasteiger partial charge in [-0.15, -0.1) is 0 Å². The predicted octanol–water partition coefficient (Wildman–Crippen LogP) is 0.647. The molecule has 0 saturated carbocycles. The molecule has 0 radical (unpaired) electrons. The van der Waals surface area contributed by atoms with E-state index in [-0.39, 0.29) is 5.56 Å². The van der Waals surface area contributed by atoms with Gasteiger partial charge in [0.2, 0.25) is 5.91 Å². The van der Waals surface area contributed by atoms with Gasteiger partial charge >= 0.3 is 7.12 Å².